The summed E-state index contributed by atoms with van der Waals surface area (Å²) in [6, 6.07) is 21.9. The standard InChI is InChI=1S/C19H15N/c20-12-14-9-10-16(14)19-11-13-5-1-2-6-15(13)17-7-3-4-8-18(17)19/h1-8,11,14,16H,9-10H2. The zero-order valence-electron chi connectivity index (χ0n) is 11.2. The predicted octanol–water partition coefficient (Wildman–Crippen LogP) is 5.01. The van der Waals surface area contributed by atoms with Gasteiger partial charge in [0.1, 0.15) is 0 Å². The number of benzene rings is 3. The van der Waals surface area contributed by atoms with E-state index in [2.05, 4.69) is 60.7 Å². The Kier molecular flexibility index (Phi) is 2.50. The lowest BCUT2D eigenvalue weighted by Crippen LogP contribution is -2.22. The minimum absolute atomic E-state index is 0.194. The topological polar surface area (TPSA) is 23.8 Å². The molecule has 0 bridgehead atoms. The van der Waals surface area contributed by atoms with Crippen LogP contribution in [-0.2, 0) is 0 Å². The second-order valence-electron chi connectivity index (χ2n) is 5.65. The molecule has 3 aromatic carbocycles. The van der Waals surface area contributed by atoms with Gasteiger partial charge in [0.05, 0.1) is 12.0 Å². The lowest BCUT2D eigenvalue weighted by molar-refractivity contribution is 0.327. The van der Waals surface area contributed by atoms with Crippen LogP contribution in [0.25, 0.3) is 21.5 Å². The predicted molar refractivity (Wildman–Crippen MR) is 82.5 cm³/mol. The third-order valence-electron chi connectivity index (χ3n) is 4.64. The average molecular weight is 257 g/mol. The normalized spacial score (nSPS) is 21.6. The number of rotatable bonds is 1. The molecule has 0 N–H and O–H groups in total. The minimum atomic E-state index is 0.194. The first-order valence-corrected chi connectivity index (χ1v) is 7.18. The van der Waals surface area contributed by atoms with E-state index in [-0.39, 0.29) is 5.92 Å². The first-order chi connectivity index (χ1) is 9.88. The van der Waals surface area contributed by atoms with Crippen molar-refractivity contribution in [2.75, 3.05) is 0 Å². The quantitative estimate of drug-likeness (QED) is 0.562. The fourth-order valence-electron chi connectivity index (χ4n) is 3.42. The molecule has 20 heavy (non-hydrogen) atoms. The van der Waals surface area contributed by atoms with E-state index >= 15 is 0 Å². The Bertz CT molecular complexity index is 841. The average Bonchev–Trinajstić information content (AvgIpc) is 2.47. The molecule has 1 aliphatic carbocycles. The van der Waals surface area contributed by atoms with Gasteiger partial charge in [0, 0.05) is 5.92 Å². The van der Waals surface area contributed by atoms with E-state index in [0.29, 0.717) is 5.92 Å². The highest BCUT2D eigenvalue weighted by molar-refractivity contribution is 6.09. The molecule has 0 heterocycles. The Hall–Kier alpha value is -2.33. The van der Waals surface area contributed by atoms with Gasteiger partial charge >= 0.3 is 0 Å². The van der Waals surface area contributed by atoms with Gasteiger partial charge in [0.2, 0.25) is 0 Å². The lowest BCUT2D eigenvalue weighted by atomic mass is 9.69. The molecule has 1 fully saturated rings. The van der Waals surface area contributed by atoms with Crippen LogP contribution >= 0.6 is 0 Å². The third-order valence-corrected chi connectivity index (χ3v) is 4.64. The molecule has 2 atom stereocenters. The van der Waals surface area contributed by atoms with Crippen LogP contribution in [0.4, 0.5) is 0 Å². The van der Waals surface area contributed by atoms with Crippen molar-refractivity contribution >= 4 is 21.5 Å². The zero-order chi connectivity index (χ0) is 13.5. The van der Waals surface area contributed by atoms with Crippen LogP contribution < -0.4 is 0 Å². The van der Waals surface area contributed by atoms with Gasteiger partial charge in [0.15, 0.2) is 0 Å². The van der Waals surface area contributed by atoms with E-state index in [4.69, 9.17) is 0 Å². The molecule has 96 valence electrons. The van der Waals surface area contributed by atoms with E-state index < -0.39 is 0 Å². The lowest BCUT2D eigenvalue weighted by Gasteiger charge is -2.33. The number of nitriles is 1. The monoisotopic (exact) mass is 257 g/mol. The molecule has 0 saturated heterocycles. The van der Waals surface area contributed by atoms with Crippen molar-refractivity contribution in [3.05, 3.63) is 60.2 Å². The zero-order valence-corrected chi connectivity index (χ0v) is 11.2. The Balaban J connectivity index is 2.06. The Morgan fingerprint density at radius 2 is 1.55 bits per heavy atom. The molecular weight excluding hydrogens is 242 g/mol. The number of fused-ring (bicyclic) bond motifs is 3. The molecule has 3 aromatic rings. The third kappa shape index (κ3) is 1.55. The fraction of sp³-hybridized carbons (Fsp3) is 0.211. The van der Waals surface area contributed by atoms with Crippen molar-refractivity contribution in [3.63, 3.8) is 0 Å². The van der Waals surface area contributed by atoms with Gasteiger partial charge in [-0.15, -0.1) is 0 Å². The molecule has 0 aromatic heterocycles. The highest BCUT2D eigenvalue weighted by atomic mass is 14.4. The van der Waals surface area contributed by atoms with Crippen LogP contribution in [0.3, 0.4) is 0 Å². The molecule has 0 radical (unpaired) electrons. The van der Waals surface area contributed by atoms with Crippen LogP contribution in [0.5, 0.6) is 0 Å². The summed E-state index contributed by atoms with van der Waals surface area (Å²) >= 11 is 0. The second kappa shape index (κ2) is 4.35. The minimum Gasteiger partial charge on any atom is -0.198 e. The van der Waals surface area contributed by atoms with Gasteiger partial charge in [-0.2, -0.15) is 5.26 Å². The maximum atomic E-state index is 9.25. The van der Waals surface area contributed by atoms with E-state index in [0.717, 1.165) is 12.8 Å². The molecule has 2 unspecified atom stereocenters. The Morgan fingerprint density at radius 3 is 2.25 bits per heavy atom. The molecule has 4 rings (SSSR count). The smallest absolute Gasteiger partial charge is 0.0662 e. The Morgan fingerprint density at radius 1 is 0.850 bits per heavy atom. The molecule has 1 heteroatoms. The highest BCUT2D eigenvalue weighted by Crippen LogP contribution is 2.45. The summed E-state index contributed by atoms with van der Waals surface area (Å²) in [4.78, 5) is 0. The highest BCUT2D eigenvalue weighted by Gasteiger charge is 2.33. The van der Waals surface area contributed by atoms with Crippen molar-refractivity contribution < 1.29 is 0 Å². The van der Waals surface area contributed by atoms with Crippen molar-refractivity contribution in [2.45, 2.75) is 18.8 Å². The molecular formula is C19H15N. The van der Waals surface area contributed by atoms with E-state index in [1.54, 1.807) is 0 Å². The summed E-state index contributed by atoms with van der Waals surface area (Å²) in [6.07, 6.45) is 2.18. The molecule has 0 spiro atoms. The van der Waals surface area contributed by atoms with E-state index in [1.807, 2.05) is 0 Å². The van der Waals surface area contributed by atoms with Crippen LogP contribution in [0.15, 0.2) is 54.6 Å². The fourth-order valence-corrected chi connectivity index (χ4v) is 3.42. The summed E-state index contributed by atoms with van der Waals surface area (Å²) < 4.78 is 0. The molecule has 0 aliphatic heterocycles. The van der Waals surface area contributed by atoms with Crippen LogP contribution in [0, 0.1) is 17.2 Å². The second-order valence-corrected chi connectivity index (χ2v) is 5.65. The summed E-state index contributed by atoms with van der Waals surface area (Å²) in [7, 11) is 0. The number of nitrogens with zero attached hydrogens (tertiary/aromatic N) is 1. The van der Waals surface area contributed by atoms with Crippen LogP contribution in [-0.4, -0.2) is 0 Å². The maximum Gasteiger partial charge on any atom is 0.0662 e. The van der Waals surface area contributed by atoms with Gasteiger partial charge in [-0.25, -0.2) is 0 Å². The SMILES string of the molecule is N#CC1CCC1c1cc2ccccc2c2ccccc12. The first kappa shape index (κ1) is 11.5. The molecule has 1 aliphatic rings. The Labute approximate surface area is 118 Å². The maximum absolute atomic E-state index is 9.25. The van der Waals surface area contributed by atoms with Gasteiger partial charge in [-0.1, -0.05) is 54.6 Å². The van der Waals surface area contributed by atoms with Gasteiger partial charge in [-0.3, -0.25) is 0 Å². The van der Waals surface area contributed by atoms with Crippen LogP contribution in [0.2, 0.25) is 0 Å². The summed E-state index contributed by atoms with van der Waals surface area (Å²) in [5.74, 6) is 0.606. The number of hydrogen-bond acceptors (Lipinski definition) is 1. The largest absolute Gasteiger partial charge is 0.198 e. The van der Waals surface area contributed by atoms with Crippen molar-refractivity contribution in [1.82, 2.24) is 0 Å². The van der Waals surface area contributed by atoms with Gasteiger partial charge in [0.25, 0.3) is 0 Å². The summed E-state index contributed by atoms with van der Waals surface area (Å²) in [5.41, 5.74) is 1.36. The van der Waals surface area contributed by atoms with E-state index in [9.17, 15) is 5.26 Å². The summed E-state index contributed by atoms with van der Waals surface area (Å²) in [5, 5.41) is 14.5. The van der Waals surface area contributed by atoms with Crippen molar-refractivity contribution in [1.29, 1.82) is 5.26 Å². The van der Waals surface area contributed by atoms with Crippen LogP contribution in [0.1, 0.15) is 24.3 Å². The number of hydrogen-bond donors (Lipinski definition) is 0. The van der Waals surface area contributed by atoms with Crippen molar-refractivity contribution in [2.24, 2.45) is 5.92 Å². The molecule has 1 saturated carbocycles. The van der Waals surface area contributed by atoms with Gasteiger partial charge < -0.3 is 0 Å². The van der Waals surface area contributed by atoms with Gasteiger partial charge in [-0.05, 0) is 39.9 Å². The summed E-state index contributed by atoms with van der Waals surface area (Å²) in [6.45, 7) is 0. The first-order valence-electron chi connectivity index (χ1n) is 7.18. The molecule has 0 amide bonds. The molecule has 1 nitrogen and oxygen atoms in total. The van der Waals surface area contributed by atoms with E-state index in [1.165, 1.54) is 27.1 Å². The van der Waals surface area contributed by atoms with Crippen molar-refractivity contribution in [3.8, 4) is 6.07 Å².